The maximum absolute atomic E-state index is 2.30. The van der Waals surface area contributed by atoms with Crippen LogP contribution in [0.15, 0.2) is 12.2 Å². The minimum absolute atomic E-state index is 0.741. The third-order valence-corrected chi connectivity index (χ3v) is 1.73. The highest BCUT2D eigenvalue weighted by atomic mass is 14.1. The summed E-state index contributed by atoms with van der Waals surface area (Å²) in [4.78, 5) is 0. The van der Waals surface area contributed by atoms with Gasteiger partial charge in [-0.15, -0.1) is 0 Å². The van der Waals surface area contributed by atoms with Crippen molar-refractivity contribution in [2.75, 3.05) is 0 Å². The largest absolute Gasteiger partial charge is 0.0885 e. The van der Waals surface area contributed by atoms with E-state index >= 15 is 0 Å². The summed E-state index contributed by atoms with van der Waals surface area (Å²) in [6, 6.07) is 0. The van der Waals surface area contributed by atoms with Crippen molar-refractivity contribution < 1.29 is 0 Å². The first-order valence-electron chi connectivity index (χ1n) is 3.85. The fraction of sp³-hybridized carbons (Fsp3) is 0.778. The summed E-state index contributed by atoms with van der Waals surface area (Å²) in [7, 11) is 0. The second-order valence-electron chi connectivity index (χ2n) is 2.94. The quantitative estimate of drug-likeness (QED) is 0.509. The Balaban J connectivity index is 3.48. The number of rotatable bonds is 3. The van der Waals surface area contributed by atoms with Crippen molar-refractivity contribution in [1.29, 1.82) is 0 Å². The average molecular weight is 126 g/mol. The molecule has 0 fully saturated rings. The molecule has 0 aliphatic carbocycles. The lowest BCUT2D eigenvalue weighted by molar-refractivity contribution is 0.503. The second kappa shape index (κ2) is 4.60. The van der Waals surface area contributed by atoms with Gasteiger partial charge in [0.25, 0.3) is 0 Å². The molecule has 0 aliphatic heterocycles. The topological polar surface area (TPSA) is 0 Å². The van der Waals surface area contributed by atoms with Gasteiger partial charge in [0.15, 0.2) is 0 Å². The Bertz CT molecular complexity index is 80.0. The van der Waals surface area contributed by atoms with Crippen LogP contribution in [0.4, 0.5) is 0 Å². The van der Waals surface area contributed by atoms with Crippen LogP contribution in [0.25, 0.3) is 0 Å². The Morgan fingerprint density at radius 1 is 1.22 bits per heavy atom. The van der Waals surface area contributed by atoms with Gasteiger partial charge >= 0.3 is 0 Å². The summed E-state index contributed by atoms with van der Waals surface area (Å²) in [5.41, 5.74) is 0. The van der Waals surface area contributed by atoms with Crippen LogP contribution in [-0.2, 0) is 0 Å². The fourth-order valence-electron chi connectivity index (χ4n) is 0.573. The highest BCUT2D eigenvalue weighted by Gasteiger charge is 1.99. The minimum atomic E-state index is 0.741. The van der Waals surface area contributed by atoms with Crippen LogP contribution >= 0.6 is 0 Å². The molecular formula is C9H18. The lowest BCUT2D eigenvalue weighted by Gasteiger charge is -2.08. The van der Waals surface area contributed by atoms with Crippen molar-refractivity contribution in [3.05, 3.63) is 12.2 Å². The van der Waals surface area contributed by atoms with Gasteiger partial charge in [0.05, 0.1) is 0 Å². The number of allylic oxidation sites excluding steroid dienone is 2. The average Bonchev–Trinajstić information content (AvgIpc) is 1.82. The van der Waals surface area contributed by atoms with E-state index in [1.807, 2.05) is 0 Å². The number of hydrogen-bond acceptors (Lipinski definition) is 0. The van der Waals surface area contributed by atoms with E-state index in [1.165, 1.54) is 0 Å². The summed E-state index contributed by atoms with van der Waals surface area (Å²) < 4.78 is 0. The van der Waals surface area contributed by atoms with Crippen molar-refractivity contribution in [3.63, 3.8) is 0 Å². The standard InChI is InChI=1S/C9H18/c1-5-6-7-9(4)8(2)3/h6-9H,5H2,1-4H3/t9-/m1/s1. The van der Waals surface area contributed by atoms with Crippen LogP contribution in [-0.4, -0.2) is 0 Å². The van der Waals surface area contributed by atoms with Gasteiger partial charge in [0, 0.05) is 0 Å². The molecule has 0 heteroatoms. The molecule has 0 unspecified atom stereocenters. The van der Waals surface area contributed by atoms with E-state index < -0.39 is 0 Å². The van der Waals surface area contributed by atoms with Crippen LogP contribution in [0.2, 0.25) is 0 Å². The van der Waals surface area contributed by atoms with Crippen LogP contribution < -0.4 is 0 Å². The SMILES string of the molecule is CCC=C[C@@H](C)C(C)C. The lowest BCUT2D eigenvalue weighted by Crippen LogP contribution is -1.98. The first-order valence-corrected chi connectivity index (χ1v) is 3.85. The zero-order valence-corrected chi connectivity index (χ0v) is 7.02. The van der Waals surface area contributed by atoms with E-state index in [1.54, 1.807) is 0 Å². The highest BCUT2D eigenvalue weighted by Crippen LogP contribution is 2.10. The second-order valence-corrected chi connectivity index (χ2v) is 2.94. The van der Waals surface area contributed by atoms with Gasteiger partial charge in [-0.25, -0.2) is 0 Å². The maximum Gasteiger partial charge on any atom is -0.0239 e. The monoisotopic (exact) mass is 126 g/mol. The third kappa shape index (κ3) is 4.26. The van der Waals surface area contributed by atoms with Crippen LogP contribution in [0.5, 0.6) is 0 Å². The van der Waals surface area contributed by atoms with Gasteiger partial charge in [-0.05, 0) is 18.3 Å². The molecule has 0 amide bonds. The molecule has 0 aromatic carbocycles. The van der Waals surface area contributed by atoms with Crippen LogP contribution in [0, 0.1) is 11.8 Å². The Kier molecular flexibility index (Phi) is 4.47. The molecule has 0 N–H and O–H groups in total. The van der Waals surface area contributed by atoms with E-state index in [0.717, 1.165) is 18.3 Å². The Labute approximate surface area is 59.0 Å². The normalized spacial score (nSPS) is 15.2. The Hall–Kier alpha value is -0.260. The van der Waals surface area contributed by atoms with Crippen molar-refractivity contribution in [1.82, 2.24) is 0 Å². The van der Waals surface area contributed by atoms with Gasteiger partial charge < -0.3 is 0 Å². The zero-order valence-electron chi connectivity index (χ0n) is 7.02. The summed E-state index contributed by atoms with van der Waals surface area (Å²) in [6.45, 7) is 8.94. The van der Waals surface area contributed by atoms with Gasteiger partial charge in [0.1, 0.15) is 0 Å². The Morgan fingerprint density at radius 2 is 1.78 bits per heavy atom. The lowest BCUT2D eigenvalue weighted by atomic mass is 9.98. The van der Waals surface area contributed by atoms with Crippen molar-refractivity contribution >= 4 is 0 Å². The Morgan fingerprint density at radius 3 is 2.11 bits per heavy atom. The molecule has 0 aromatic rings. The van der Waals surface area contributed by atoms with E-state index in [9.17, 15) is 0 Å². The molecule has 0 saturated carbocycles. The molecule has 0 radical (unpaired) electrons. The molecule has 0 nitrogen and oxygen atoms in total. The predicted octanol–water partition coefficient (Wildman–Crippen LogP) is 3.24. The smallest absolute Gasteiger partial charge is 0.0239 e. The van der Waals surface area contributed by atoms with Crippen molar-refractivity contribution in [2.45, 2.75) is 34.1 Å². The van der Waals surface area contributed by atoms with E-state index in [4.69, 9.17) is 0 Å². The molecule has 1 atom stereocenters. The molecule has 0 saturated heterocycles. The maximum atomic E-state index is 2.30. The van der Waals surface area contributed by atoms with E-state index in [-0.39, 0.29) is 0 Å². The van der Waals surface area contributed by atoms with Gasteiger partial charge in [-0.3, -0.25) is 0 Å². The molecule has 9 heavy (non-hydrogen) atoms. The van der Waals surface area contributed by atoms with E-state index in [0.29, 0.717) is 0 Å². The van der Waals surface area contributed by atoms with Gasteiger partial charge in [0.2, 0.25) is 0 Å². The zero-order chi connectivity index (χ0) is 7.28. The molecule has 0 bridgehead atoms. The molecular weight excluding hydrogens is 108 g/mol. The fourth-order valence-corrected chi connectivity index (χ4v) is 0.573. The summed E-state index contributed by atoms with van der Waals surface area (Å²) >= 11 is 0. The van der Waals surface area contributed by atoms with Crippen molar-refractivity contribution in [2.24, 2.45) is 11.8 Å². The van der Waals surface area contributed by atoms with E-state index in [2.05, 4.69) is 39.8 Å². The minimum Gasteiger partial charge on any atom is -0.0885 e. The molecule has 0 rings (SSSR count). The third-order valence-electron chi connectivity index (χ3n) is 1.73. The summed E-state index contributed by atoms with van der Waals surface area (Å²) in [5.74, 6) is 1.53. The van der Waals surface area contributed by atoms with Crippen LogP contribution in [0.1, 0.15) is 34.1 Å². The molecule has 54 valence electrons. The summed E-state index contributed by atoms with van der Waals surface area (Å²) in [5, 5.41) is 0. The summed E-state index contributed by atoms with van der Waals surface area (Å²) in [6.07, 6.45) is 5.70. The number of hydrogen-bond donors (Lipinski definition) is 0. The first-order chi connectivity index (χ1) is 4.18. The molecule has 0 spiro atoms. The van der Waals surface area contributed by atoms with Gasteiger partial charge in [-0.1, -0.05) is 39.8 Å². The van der Waals surface area contributed by atoms with Crippen LogP contribution in [0.3, 0.4) is 0 Å². The first kappa shape index (κ1) is 8.74. The van der Waals surface area contributed by atoms with Crippen molar-refractivity contribution in [3.8, 4) is 0 Å². The molecule has 0 aliphatic rings. The van der Waals surface area contributed by atoms with Gasteiger partial charge in [-0.2, -0.15) is 0 Å². The molecule has 0 aromatic heterocycles. The highest BCUT2D eigenvalue weighted by molar-refractivity contribution is 4.86. The molecule has 0 heterocycles. The predicted molar refractivity (Wildman–Crippen MR) is 43.4 cm³/mol.